The van der Waals surface area contributed by atoms with Gasteiger partial charge in [0.25, 0.3) is 0 Å². The van der Waals surface area contributed by atoms with E-state index in [0.29, 0.717) is 19.0 Å². The molecular formula is C14H27F3N2. The zero-order valence-corrected chi connectivity index (χ0v) is 12.1. The molecule has 5 heteroatoms. The highest BCUT2D eigenvalue weighted by molar-refractivity contribution is 4.77. The van der Waals surface area contributed by atoms with Gasteiger partial charge in [-0.3, -0.25) is 0 Å². The van der Waals surface area contributed by atoms with Crippen LogP contribution in [0.4, 0.5) is 13.2 Å². The van der Waals surface area contributed by atoms with Crippen LogP contribution in [0.1, 0.15) is 39.5 Å². The summed E-state index contributed by atoms with van der Waals surface area (Å²) in [5.74, 6) is -0.405. The molecule has 1 heterocycles. The summed E-state index contributed by atoms with van der Waals surface area (Å²) in [5.41, 5.74) is 0. The molecule has 1 N–H and O–H groups in total. The van der Waals surface area contributed by atoms with Crippen LogP contribution in [0.2, 0.25) is 0 Å². The van der Waals surface area contributed by atoms with Gasteiger partial charge in [-0.25, -0.2) is 0 Å². The maximum atomic E-state index is 12.5. The Morgan fingerprint density at radius 2 is 1.79 bits per heavy atom. The maximum absolute atomic E-state index is 12.5. The van der Waals surface area contributed by atoms with E-state index < -0.39 is 12.1 Å². The number of rotatable bonds is 7. The lowest BCUT2D eigenvalue weighted by molar-refractivity contribution is -0.185. The second kappa shape index (κ2) is 8.10. The van der Waals surface area contributed by atoms with Crippen LogP contribution in [0.5, 0.6) is 0 Å². The molecule has 0 bridgehead atoms. The fourth-order valence-corrected chi connectivity index (χ4v) is 2.46. The first-order valence-corrected chi connectivity index (χ1v) is 7.39. The molecule has 0 amide bonds. The monoisotopic (exact) mass is 280 g/mol. The van der Waals surface area contributed by atoms with Crippen LogP contribution < -0.4 is 5.32 Å². The lowest BCUT2D eigenvalue weighted by atomic mass is 9.96. The van der Waals surface area contributed by atoms with Crippen LogP contribution in [0, 0.1) is 11.8 Å². The Hall–Kier alpha value is -0.290. The third kappa shape index (κ3) is 7.16. The molecule has 1 rings (SSSR count). The van der Waals surface area contributed by atoms with Gasteiger partial charge in [0.15, 0.2) is 0 Å². The molecule has 1 saturated heterocycles. The summed E-state index contributed by atoms with van der Waals surface area (Å²) in [7, 11) is 0. The van der Waals surface area contributed by atoms with Crippen LogP contribution in [-0.2, 0) is 0 Å². The number of alkyl halides is 3. The number of hydrogen-bond donors (Lipinski definition) is 1. The summed E-state index contributed by atoms with van der Waals surface area (Å²) < 4.78 is 37.5. The van der Waals surface area contributed by atoms with Crippen LogP contribution in [-0.4, -0.2) is 43.8 Å². The zero-order valence-electron chi connectivity index (χ0n) is 12.1. The summed E-state index contributed by atoms with van der Waals surface area (Å²) >= 11 is 0. The fraction of sp³-hybridized carbons (Fsp3) is 1.00. The summed E-state index contributed by atoms with van der Waals surface area (Å²) in [4.78, 5) is 2.17. The number of nitrogens with zero attached hydrogens (tertiary/aromatic N) is 1. The van der Waals surface area contributed by atoms with Gasteiger partial charge in [0.05, 0.1) is 5.92 Å². The first-order valence-electron chi connectivity index (χ1n) is 7.39. The minimum atomic E-state index is -3.99. The topological polar surface area (TPSA) is 15.3 Å². The third-order valence-electron chi connectivity index (χ3n) is 3.68. The predicted octanol–water partition coefficient (Wildman–Crippen LogP) is 3.29. The van der Waals surface area contributed by atoms with Crippen LogP contribution in [0.25, 0.3) is 0 Å². The Kier molecular flexibility index (Phi) is 7.15. The summed E-state index contributed by atoms with van der Waals surface area (Å²) in [6.45, 7) is 8.55. The van der Waals surface area contributed by atoms with Crippen molar-refractivity contribution in [1.82, 2.24) is 10.2 Å². The Bertz CT molecular complexity index is 233. The van der Waals surface area contributed by atoms with E-state index >= 15 is 0 Å². The highest BCUT2D eigenvalue weighted by Crippen LogP contribution is 2.33. The van der Waals surface area contributed by atoms with Crippen molar-refractivity contribution in [3.8, 4) is 0 Å². The van der Waals surface area contributed by atoms with E-state index in [2.05, 4.69) is 24.1 Å². The molecule has 0 atom stereocenters. The van der Waals surface area contributed by atoms with E-state index in [1.807, 2.05) is 0 Å². The number of nitrogens with one attached hydrogen (secondary N) is 1. The Labute approximate surface area is 114 Å². The van der Waals surface area contributed by atoms with E-state index in [9.17, 15) is 13.2 Å². The molecule has 0 aromatic rings. The van der Waals surface area contributed by atoms with E-state index in [-0.39, 0.29) is 12.8 Å². The summed E-state index contributed by atoms with van der Waals surface area (Å²) in [6, 6.07) is 0. The van der Waals surface area contributed by atoms with E-state index in [1.54, 1.807) is 0 Å². The molecule has 19 heavy (non-hydrogen) atoms. The smallest absolute Gasteiger partial charge is 0.316 e. The molecular weight excluding hydrogens is 253 g/mol. The minimum Gasteiger partial charge on any atom is -0.316 e. The molecule has 1 fully saturated rings. The lowest BCUT2D eigenvalue weighted by Crippen LogP contribution is -2.39. The van der Waals surface area contributed by atoms with Crippen LogP contribution in [0.15, 0.2) is 0 Å². The highest BCUT2D eigenvalue weighted by Gasteiger charge is 2.40. The van der Waals surface area contributed by atoms with Gasteiger partial charge in [0, 0.05) is 0 Å². The molecule has 0 aromatic heterocycles. The normalized spacial score (nSPS) is 19.3. The van der Waals surface area contributed by atoms with Gasteiger partial charge in [0.1, 0.15) is 0 Å². The van der Waals surface area contributed by atoms with Gasteiger partial charge >= 0.3 is 6.18 Å². The third-order valence-corrected chi connectivity index (χ3v) is 3.68. The minimum absolute atomic E-state index is 0.273. The standard InChI is InChI=1S/C14H27F3N2/c1-12(2)11-18-7-3-4-8-19-9-5-13(6-10-19)14(15,16)17/h12-13,18H,3-11H2,1-2H3. The highest BCUT2D eigenvalue weighted by atomic mass is 19.4. The molecule has 1 aliphatic heterocycles. The average molecular weight is 280 g/mol. The van der Waals surface area contributed by atoms with Crippen molar-refractivity contribution in [3.05, 3.63) is 0 Å². The molecule has 0 aromatic carbocycles. The molecule has 0 saturated carbocycles. The molecule has 0 radical (unpaired) electrons. The summed E-state index contributed by atoms with van der Waals surface area (Å²) in [5, 5.41) is 3.38. The summed E-state index contributed by atoms with van der Waals surface area (Å²) in [6.07, 6.45) is -1.27. The largest absolute Gasteiger partial charge is 0.391 e. The van der Waals surface area contributed by atoms with Crippen molar-refractivity contribution in [3.63, 3.8) is 0 Å². The van der Waals surface area contributed by atoms with Crippen molar-refractivity contribution in [1.29, 1.82) is 0 Å². The second-order valence-electron chi connectivity index (χ2n) is 5.96. The Morgan fingerprint density at radius 3 is 2.32 bits per heavy atom. The van der Waals surface area contributed by atoms with Crippen molar-refractivity contribution < 1.29 is 13.2 Å². The van der Waals surface area contributed by atoms with Crippen LogP contribution in [0.3, 0.4) is 0 Å². The van der Waals surface area contributed by atoms with Crippen molar-refractivity contribution in [2.75, 3.05) is 32.7 Å². The molecule has 114 valence electrons. The van der Waals surface area contributed by atoms with Gasteiger partial charge in [-0.1, -0.05) is 13.8 Å². The van der Waals surface area contributed by atoms with Gasteiger partial charge < -0.3 is 10.2 Å². The number of likely N-dealkylation sites (tertiary alicyclic amines) is 1. The SMILES string of the molecule is CC(C)CNCCCCN1CCC(C(F)(F)F)CC1. The van der Waals surface area contributed by atoms with Gasteiger partial charge in [0.2, 0.25) is 0 Å². The van der Waals surface area contributed by atoms with Gasteiger partial charge in [-0.15, -0.1) is 0 Å². The first-order chi connectivity index (χ1) is 8.89. The van der Waals surface area contributed by atoms with Crippen molar-refractivity contribution in [2.24, 2.45) is 11.8 Å². The molecule has 1 aliphatic rings. The quantitative estimate of drug-likeness (QED) is 0.720. The molecule has 0 spiro atoms. The van der Waals surface area contributed by atoms with E-state index in [4.69, 9.17) is 0 Å². The fourth-order valence-electron chi connectivity index (χ4n) is 2.46. The second-order valence-corrected chi connectivity index (χ2v) is 5.96. The zero-order chi connectivity index (χ0) is 14.3. The Balaban J connectivity index is 2.01. The Morgan fingerprint density at radius 1 is 1.16 bits per heavy atom. The van der Waals surface area contributed by atoms with Gasteiger partial charge in [-0.05, 0) is 64.3 Å². The predicted molar refractivity (Wildman–Crippen MR) is 72.2 cm³/mol. The van der Waals surface area contributed by atoms with E-state index in [0.717, 1.165) is 32.5 Å². The first kappa shape index (κ1) is 16.8. The number of hydrogen-bond acceptors (Lipinski definition) is 2. The number of piperidine rings is 1. The van der Waals surface area contributed by atoms with Crippen LogP contribution >= 0.6 is 0 Å². The number of unbranched alkanes of at least 4 members (excludes halogenated alkanes) is 1. The maximum Gasteiger partial charge on any atom is 0.391 e. The molecule has 0 unspecified atom stereocenters. The van der Waals surface area contributed by atoms with E-state index in [1.165, 1.54) is 0 Å². The molecule has 2 nitrogen and oxygen atoms in total. The van der Waals surface area contributed by atoms with Gasteiger partial charge in [-0.2, -0.15) is 13.2 Å². The molecule has 0 aliphatic carbocycles. The van der Waals surface area contributed by atoms with Crippen molar-refractivity contribution >= 4 is 0 Å². The number of halogens is 3. The van der Waals surface area contributed by atoms with Crippen molar-refractivity contribution in [2.45, 2.75) is 45.7 Å². The lowest BCUT2D eigenvalue weighted by Gasteiger charge is -2.32. The average Bonchev–Trinajstić information content (AvgIpc) is 2.32.